The second-order valence-corrected chi connectivity index (χ2v) is 34.4. The molecule has 0 fully saturated rings. The number of fused-ring (bicyclic) bond motifs is 2. The van der Waals surface area contributed by atoms with Crippen molar-refractivity contribution in [3.63, 3.8) is 0 Å². The van der Waals surface area contributed by atoms with Crippen LogP contribution in [0.4, 0.5) is 42.2 Å². The molecule has 0 aliphatic heterocycles. The first-order valence-corrected chi connectivity index (χ1v) is 42.8. The number of nitrogens with one attached hydrogen (secondary N) is 1. The Hall–Kier alpha value is -12.2. The van der Waals surface area contributed by atoms with Crippen molar-refractivity contribution < 1.29 is 71.5 Å². The molecule has 0 bridgehead atoms. The number of hydrogen-bond acceptors (Lipinski definition) is 14. The largest absolute Gasteiger partial charge is 0.289 e. The van der Waals surface area contributed by atoms with Gasteiger partial charge in [0.25, 0.3) is 0 Å². The SMILES string of the molecule is COc1cc(Nc2ccccc2)ccc1[N+]#N.COc1cccc(OC)c1C(=O)P(c1ccccc1)c1ccccc1.Cc1cc(C)c(C(=O)P(c2ccccc2)c2ccccc2)c(C)c1.Cc1cc(C)c(S(=O)(=O)[O-])c(C)c1.F[P-](F)(F)(F)(F)F.O=C(C(=O)c1ccccc1)c1ccccc1.O=c1c2ccccc2sc2ccccc12. The van der Waals surface area contributed by atoms with Crippen molar-refractivity contribution in [2.24, 2.45) is 0 Å². The van der Waals surface area contributed by atoms with Crippen molar-refractivity contribution in [2.75, 3.05) is 26.6 Å². The Morgan fingerprint density at radius 2 is 0.718 bits per heavy atom. The zero-order valence-electron chi connectivity index (χ0n) is 64.9. The number of carbonyl (C=O) groups excluding carboxylic acids is 4. The molecule has 0 spiro atoms. The first kappa shape index (κ1) is 90.4. The number of rotatable bonds is 17. The van der Waals surface area contributed by atoms with E-state index < -0.39 is 45.3 Å². The minimum Gasteiger partial charge on any atom is -0.289 e. The molecule has 14 rings (SSSR count). The molecule has 1 heterocycles. The van der Waals surface area contributed by atoms with Gasteiger partial charge in [0.1, 0.15) is 27.2 Å². The molecule has 117 heavy (non-hydrogen) atoms. The number of halogens is 6. The predicted octanol–water partition coefficient (Wildman–Crippen LogP) is 23.9. The molecule has 13 aromatic carbocycles. The zero-order valence-corrected chi connectivity index (χ0v) is 69.2. The first-order chi connectivity index (χ1) is 55.6. The van der Waals surface area contributed by atoms with E-state index in [4.69, 9.17) is 19.6 Å². The van der Waals surface area contributed by atoms with Crippen LogP contribution in [0, 0.1) is 46.9 Å². The molecule has 1 aromatic heterocycles. The predicted molar refractivity (Wildman–Crippen MR) is 464 cm³/mol. The summed E-state index contributed by atoms with van der Waals surface area (Å²) in [6.07, 6.45) is 0. The van der Waals surface area contributed by atoms with E-state index in [0.29, 0.717) is 50.8 Å². The van der Waals surface area contributed by atoms with E-state index in [1.807, 2.05) is 221 Å². The van der Waals surface area contributed by atoms with Gasteiger partial charge in [-0.25, -0.2) is 8.42 Å². The van der Waals surface area contributed by atoms with Gasteiger partial charge in [0.05, 0.1) is 26.2 Å². The number of para-hydroxylation sites is 1. The smallest absolute Gasteiger partial charge is 0.233 e. The minimum absolute atomic E-state index is 0.0155. The van der Waals surface area contributed by atoms with E-state index in [9.17, 15) is 62.1 Å². The van der Waals surface area contributed by atoms with Gasteiger partial charge in [-0.05, 0) is 140 Å². The Morgan fingerprint density at radius 3 is 1.06 bits per heavy atom. The molecule has 1 N–H and O–H groups in total. The Bertz CT molecular complexity index is 5730. The van der Waals surface area contributed by atoms with Crippen molar-refractivity contribution in [3.8, 4) is 17.2 Å². The number of methoxy groups -OCH3 is 3. The number of benzene rings is 13. The van der Waals surface area contributed by atoms with Crippen molar-refractivity contribution in [1.29, 1.82) is 5.39 Å². The van der Waals surface area contributed by atoms with Gasteiger partial charge in [0.15, 0.2) is 15.9 Å². The van der Waals surface area contributed by atoms with Crippen LogP contribution >= 0.6 is 35.0 Å². The van der Waals surface area contributed by atoms with E-state index in [1.54, 1.807) is 124 Å². The fourth-order valence-corrected chi connectivity index (χ4v) is 18.6. The van der Waals surface area contributed by atoms with Crippen LogP contribution in [0.2, 0.25) is 0 Å². The molecular formula is C92H81F6N3O11P3S2-. The summed E-state index contributed by atoms with van der Waals surface area (Å²) in [7, 11) is -12.6. The van der Waals surface area contributed by atoms with Crippen LogP contribution in [0.15, 0.2) is 331 Å². The molecule has 25 heteroatoms. The number of nitrogens with zero attached hydrogens (tertiary/aromatic N) is 2. The number of anilines is 2. The first-order valence-electron chi connectivity index (χ1n) is 35.8. The third-order valence-corrected chi connectivity index (χ3v) is 23.8. The normalized spacial score (nSPS) is 11.3. The number of diazo groups is 1. The van der Waals surface area contributed by atoms with Crippen LogP contribution in [0.25, 0.3) is 25.1 Å². The molecule has 14 aromatic rings. The van der Waals surface area contributed by atoms with Gasteiger partial charge in [0, 0.05) is 76.2 Å². The van der Waals surface area contributed by atoms with Gasteiger partial charge < -0.3 is 24.1 Å². The third-order valence-electron chi connectivity index (χ3n) is 17.0. The summed E-state index contributed by atoms with van der Waals surface area (Å²) in [6, 6.07) is 101. The maximum absolute atomic E-state index is 13.6. The third kappa shape index (κ3) is 27.2. The van der Waals surface area contributed by atoms with Crippen LogP contribution in [0.1, 0.15) is 74.8 Å². The fourth-order valence-electron chi connectivity index (χ4n) is 12.2. The standard InChI is InChI=1S/C22H21OP.C21H19O3P.C14H10O2.C13H12N3O.C13H8OS.C9H12O3S.F6P/c1-16-14-17(2)21(18(3)15-16)22(23)24(19-10-6-4-7-11-19)20-12-8-5-9-13-20;1-23-18-14-9-15-19(24-2)20(18)21(22)25(16-10-5-3-6-11-16)17-12-7-4-8-13-17;15-13(11-7-3-1-4-8-11)14(16)12-9-5-2-6-10-12;1-17-13-9-11(7-8-12(13)16-14)15-10-5-3-2-4-6-10;14-13-9-5-1-3-7-11(9)15-12-8-4-2-6-10(12)13;1-6-4-7(2)9(8(3)5-6)13(10,11)12;1-7(2,3,4,5)6/h4-15H,1-3H3;3-15H,1-2H3;1-10H;2-9,15H,1H3;1-8H;4-5H,1-3H3,(H,10,11,12);/q;;;+1;;;-1/p-1. The second-order valence-electron chi connectivity index (χ2n) is 25.9. The minimum atomic E-state index is -10.7. The molecule has 0 saturated heterocycles. The van der Waals surface area contributed by atoms with Gasteiger partial charge in [0.2, 0.25) is 28.2 Å². The van der Waals surface area contributed by atoms with Gasteiger partial charge in [-0.1, -0.05) is 266 Å². The van der Waals surface area contributed by atoms with E-state index >= 15 is 0 Å². The Morgan fingerprint density at radius 1 is 0.402 bits per heavy atom. The Kier molecular flexibility index (Phi) is 31.6. The molecule has 0 unspecified atom stereocenters. The van der Waals surface area contributed by atoms with Crippen LogP contribution in [0.3, 0.4) is 0 Å². The molecule has 600 valence electrons. The number of ketones is 2. The molecule has 0 amide bonds. The topological polar surface area (TPSA) is 210 Å². The number of Topliss-reactive ketones (excluding diaryl/α,β-unsaturated/α-hetero) is 2. The quantitative estimate of drug-likeness (QED) is 0.0171. The number of carbonyl (C=O) groups is 4. The Balaban J connectivity index is 0.000000175. The van der Waals surface area contributed by atoms with Crippen LogP contribution in [0.5, 0.6) is 17.2 Å². The van der Waals surface area contributed by atoms with Crippen LogP contribution < -0.4 is 46.2 Å². The maximum Gasteiger partial charge on any atom is 0.233 e. The van der Waals surface area contributed by atoms with Gasteiger partial charge >= 0.3 is 38.7 Å². The average molecular weight is 1680 g/mol. The summed E-state index contributed by atoms with van der Waals surface area (Å²) < 4.78 is 110. The van der Waals surface area contributed by atoms with Gasteiger partial charge in [-0.2, -0.15) is 0 Å². The summed E-state index contributed by atoms with van der Waals surface area (Å²) in [6.45, 7) is 11.3. The van der Waals surface area contributed by atoms with Crippen molar-refractivity contribution in [2.45, 2.75) is 46.4 Å². The van der Waals surface area contributed by atoms with E-state index in [-0.39, 0.29) is 21.4 Å². The molecule has 14 nitrogen and oxygen atoms in total. The number of ether oxygens (including phenoxy) is 3. The zero-order chi connectivity index (χ0) is 85.1. The maximum atomic E-state index is 13.6. The summed E-state index contributed by atoms with van der Waals surface area (Å²) in [4.78, 5) is 65.8. The second kappa shape index (κ2) is 40.9. The molecule has 0 radical (unpaired) electrons. The Labute approximate surface area is 681 Å². The molecule has 0 aliphatic carbocycles. The fraction of sp³-hybridized carbons (Fsp3) is 0.0978. The molecule has 0 aliphatic rings. The molecule has 0 atom stereocenters. The van der Waals surface area contributed by atoms with Gasteiger partial charge in [-0.3, -0.25) is 24.0 Å². The summed E-state index contributed by atoms with van der Waals surface area (Å²) in [5, 5.41) is 17.8. The molecular weight excluding hydrogens is 1590 g/mol. The number of aryl methyl sites for hydroxylation is 6. The van der Waals surface area contributed by atoms with Crippen LogP contribution in [-0.2, 0) is 10.1 Å². The monoisotopic (exact) mass is 1670 g/mol. The summed E-state index contributed by atoms with van der Waals surface area (Å²) in [5.41, 5.74) is 10.2. The van der Waals surface area contributed by atoms with E-state index in [2.05, 4.69) is 53.6 Å². The number of hydrogen-bond donors (Lipinski definition) is 1. The van der Waals surface area contributed by atoms with Crippen molar-refractivity contribution >= 4 is 126 Å². The van der Waals surface area contributed by atoms with Crippen molar-refractivity contribution in [3.05, 3.63) is 392 Å². The van der Waals surface area contributed by atoms with Gasteiger partial charge in [-0.15, -0.1) is 11.3 Å². The average Bonchev–Trinajstić information content (AvgIpc) is 0.830. The van der Waals surface area contributed by atoms with Crippen molar-refractivity contribution in [1.82, 2.24) is 0 Å². The van der Waals surface area contributed by atoms with Crippen LogP contribution in [-0.4, -0.2) is 56.9 Å². The molecule has 0 saturated carbocycles. The summed E-state index contributed by atoms with van der Waals surface area (Å²) >= 11 is 1.67. The van der Waals surface area contributed by atoms with E-state index in [1.165, 1.54) is 12.7 Å². The summed E-state index contributed by atoms with van der Waals surface area (Å²) in [5.74, 6) is 0.652. The van der Waals surface area contributed by atoms with E-state index in [0.717, 1.165) is 75.0 Å².